The number of benzene rings is 2. The van der Waals surface area contributed by atoms with Gasteiger partial charge in [0.1, 0.15) is 51.6 Å². The zero-order chi connectivity index (χ0) is 48.4. The van der Waals surface area contributed by atoms with E-state index in [2.05, 4.69) is 0 Å². The van der Waals surface area contributed by atoms with Crippen LogP contribution in [0.15, 0.2) is 52.0 Å². The monoisotopic (exact) mass is 909 g/mol. The van der Waals surface area contributed by atoms with Crippen LogP contribution in [0, 0.1) is 45.4 Å². The number of nitrogens with zero attached hydrogens (tertiary/aromatic N) is 3. The number of nitro groups is 1. The summed E-state index contributed by atoms with van der Waals surface area (Å²) >= 11 is 0. The molecule has 344 valence electrons. The predicted octanol–water partition coefficient (Wildman–Crippen LogP) is 0.114. The number of carbonyl (C=O) groups excluding carboxylic acids is 6. The smallest absolute Gasteiger partial charge is 0.314 e. The quantitative estimate of drug-likeness (QED) is 0.108. The van der Waals surface area contributed by atoms with E-state index >= 15 is 0 Å². The van der Waals surface area contributed by atoms with E-state index in [0.29, 0.717) is 6.07 Å². The molecule has 6 aliphatic rings. The Morgan fingerprint density at radius 1 is 0.708 bits per heavy atom. The van der Waals surface area contributed by atoms with E-state index in [4.69, 9.17) is 11.5 Å². The highest BCUT2D eigenvalue weighted by Gasteiger charge is 2.66. The Balaban J connectivity index is 0.000000195. The van der Waals surface area contributed by atoms with Crippen molar-refractivity contribution in [2.24, 2.45) is 35.1 Å². The van der Waals surface area contributed by atoms with Crippen LogP contribution in [0.3, 0.4) is 0 Å². The van der Waals surface area contributed by atoms with Crippen LogP contribution in [-0.2, 0) is 41.6 Å². The second kappa shape index (κ2) is 15.3. The van der Waals surface area contributed by atoms with Gasteiger partial charge in [-0.1, -0.05) is 0 Å². The van der Waals surface area contributed by atoms with Crippen molar-refractivity contribution in [1.82, 2.24) is 9.80 Å². The second-order valence-electron chi connectivity index (χ2n) is 17.2. The van der Waals surface area contributed by atoms with Gasteiger partial charge in [-0.15, -0.1) is 0 Å². The summed E-state index contributed by atoms with van der Waals surface area (Å²) in [6, 6.07) is 0.112. The van der Waals surface area contributed by atoms with Gasteiger partial charge >= 0.3 is 5.69 Å². The van der Waals surface area contributed by atoms with Crippen molar-refractivity contribution in [3.63, 3.8) is 0 Å². The van der Waals surface area contributed by atoms with E-state index < -0.39 is 161 Å². The molecule has 2 aromatic rings. The lowest BCUT2D eigenvalue weighted by molar-refractivity contribution is -0.386. The Hall–Kier alpha value is -7.08. The Morgan fingerprint density at radius 2 is 1.11 bits per heavy atom. The third-order valence-electron chi connectivity index (χ3n) is 13.4. The molecule has 6 aliphatic carbocycles. The molecular weight excluding hydrogens is 868 g/mol. The summed E-state index contributed by atoms with van der Waals surface area (Å²) in [4.78, 5) is 89.5. The number of phenols is 2. The van der Waals surface area contributed by atoms with Gasteiger partial charge in [-0.25, -0.2) is 8.78 Å². The van der Waals surface area contributed by atoms with Gasteiger partial charge in [0.2, 0.25) is 17.3 Å². The molecule has 0 aromatic heterocycles. The predicted molar refractivity (Wildman–Crippen MR) is 215 cm³/mol. The highest BCUT2D eigenvalue weighted by Crippen LogP contribution is 2.55. The van der Waals surface area contributed by atoms with E-state index in [1.807, 2.05) is 0 Å². The van der Waals surface area contributed by atoms with Crippen molar-refractivity contribution in [1.29, 1.82) is 0 Å². The molecule has 0 saturated heterocycles. The summed E-state index contributed by atoms with van der Waals surface area (Å²) in [5.74, 6) is -18.6. The van der Waals surface area contributed by atoms with E-state index in [0.717, 1.165) is 12.1 Å². The number of aliphatic hydroxyl groups is 6. The number of primary amides is 2. The first-order valence-corrected chi connectivity index (χ1v) is 19.7. The van der Waals surface area contributed by atoms with Crippen molar-refractivity contribution in [3.05, 3.63) is 96.0 Å². The maximum Gasteiger partial charge on any atom is 0.314 e. The van der Waals surface area contributed by atoms with E-state index in [9.17, 15) is 88.5 Å². The van der Waals surface area contributed by atoms with Crippen LogP contribution in [0.25, 0.3) is 11.5 Å². The SMILES string of the molecule is CN(C)[C@@H]1C(=O)C(C(N)=O)=C(O)[C@@]2(O)C(=O)C3=C(O)c4c(O)c([N+](=O)[O-])cc(F)c4CC3CC12.CN(C)[C@@H]1C(=O)C(C(N)=O)=C(O)[C@@]2(O)C(=O)C3=C(O)c4c(O)ccc(F)c4CC3CC12. The number of Topliss-reactive ketones (excluding diaryl/α,β-unsaturated/α-hetero) is 4. The lowest BCUT2D eigenvalue weighted by Gasteiger charge is -2.50. The summed E-state index contributed by atoms with van der Waals surface area (Å²) in [6.45, 7) is 0. The molecule has 8 rings (SSSR count). The molecule has 4 unspecified atom stereocenters. The molecule has 0 radical (unpaired) electrons. The molecule has 12 N–H and O–H groups in total. The van der Waals surface area contributed by atoms with Gasteiger partial charge in [0.25, 0.3) is 11.8 Å². The molecule has 2 amide bonds. The highest BCUT2D eigenvalue weighted by atomic mass is 19.1. The number of phenolic OH excluding ortho intramolecular Hbond substituents is 2. The summed E-state index contributed by atoms with van der Waals surface area (Å²) in [5, 5.41) is 97.5. The summed E-state index contributed by atoms with van der Waals surface area (Å²) < 4.78 is 29.2. The first kappa shape index (κ1) is 45.9. The number of hydrogen-bond acceptors (Lipinski definition) is 18. The van der Waals surface area contributed by atoms with Crippen LogP contribution in [0.1, 0.15) is 35.1 Å². The number of nitrogens with two attached hydrogens (primary N) is 2. The molecule has 8 atom stereocenters. The number of nitro benzene ring substituents is 1. The first-order chi connectivity index (χ1) is 30.2. The van der Waals surface area contributed by atoms with Crippen molar-refractivity contribution in [2.45, 2.75) is 49.0 Å². The topological polar surface area (TPSA) is 366 Å². The number of amides is 2. The minimum Gasteiger partial charge on any atom is -0.508 e. The van der Waals surface area contributed by atoms with Gasteiger partial charge in [0.15, 0.2) is 22.8 Å². The fourth-order valence-electron chi connectivity index (χ4n) is 10.6. The molecular formula is C42H41F2N5O16. The van der Waals surface area contributed by atoms with Gasteiger partial charge in [0, 0.05) is 34.1 Å². The Labute approximate surface area is 364 Å². The van der Waals surface area contributed by atoms with Crippen LogP contribution < -0.4 is 11.5 Å². The zero-order valence-electron chi connectivity index (χ0n) is 34.6. The normalized spacial score (nSPS) is 29.4. The number of aromatic hydroxyl groups is 2. The molecule has 0 bridgehead atoms. The molecule has 0 aliphatic heterocycles. The average Bonchev–Trinajstić information content (AvgIpc) is 3.20. The molecule has 2 fully saturated rings. The molecule has 21 nitrogen and oxygen atoms in total. The molecule has 2 aromatic carbocycles. The minimum atomic E-state index is -2.85. The van der Waals surface area contributed by atoms with Gasteiger partial charge in [-0.05, 0) is 77.8 Å². The van der Waals surface area contributed by atoms with Gasteiger partial charge in [-0.3, -0.25) is 48.7 Å². The maximum absolute atomic E-state index is 14.7. The number of likely N-dealkylation sites (N-methyl/N-ethyl adjacent to an activating group) is 2. The number of hydrogen-bond donors (Lipinski definition) is 10. The van der Waals surface area contributed by atoms with Crippen molar-refractivity contribution >= 4 is 52.2 Å². The van der Waals surface area contributed by atoms with Gasteiger partial charge < -0.3 is 52.3 Å². The van der Waals surface area contributed by atoms with E-state index in [1.54, 1.807) is 0 Å². The van der Waals surface area contributed by atoms with Crippen LogP contribution in [0.5, 0.6) is 11.5 Å². The number of fused-ring (bicyclic) bond motifs is 6. The summed E-state index contributed by atoms with van der Waals surface area (Å²) in [6.07, 6.45) is -0.676. The van der Waals surface area contributed by atoms with Crippen LogP contribution in [0.4, 0.5) is 14.5 Å². The standard InChI is InChI=1S/C21H20FN3O9.C21H21FN2O7/c1-24(2)14-8-4-6-3-7-9(22)5-10(25(33)34)15(26)12(7)16(27)11(6)18(29)21(8,32)19(30)13(17(14)28)20(23)31;1-24(2)15-9-6-7-5-8-10(22)3-4-11(25)13(8)16(26)12(7)18(28)21(9,31)19(29)14(17(15)27)20(23)30/h5-6,8,14,26-27,30,32H,3-4H2,1-2H3,(H2,23,31);3-4,7,9,15,25-26,29,31H,5-6H2,1-2H3,(H2,23,30)/t6?,8?,14-,21-;7?,9?,15-,21-/m00/s1. The molecule has 0 spiro atoms. The number of carbonyl (C=O) groups is 6. The second-order valence-corrected chi connectivity index (χ2v) is 17.2. The Bertz CT molecular complexity index is 2760. The molecule has 65 heavy (non-hydrogen) atoms. The third-order valence-corrected chi connectivity index (χ3v) is 13.4. The minimum absolute atomic E-state index is 0.00520. The fourth-order valence-corrected chi connectivity index (χ4v) is 10.6. The fraction of sp³-hybridized carbons (Fsp3) is 0.381. The number of aliphatic hydroxyl groups excluding tert-OH is 4. The van der Waals surface area contributed by atoms with Gasteiger partial charge in [0.05, 0.1) is 34.2 Å². The molecule has 2 saturated carbocycles. The summed E-state index contributed by atoms with van der Waals surface area (Å²) in [7, 11) is 5.91. The average molecular weight is 910 g/mol. The van der Waals surface area contributed by atoms with E-state index in [-0.39, 0.29) is 47.9 Å². The van der Waals surface area contributed by atoms with E-state index in [1.165, 1.54) is 38.0 Å². The van der Waals surface area contributed by atoms with Crippen LogP contribution in [-0.4, -0.2) is 142 Å². The number of halogens is 2. The van der Waals surface area contributed by atoms with Crippen molar-refractivity contribution < 1.29 is 83.3 Å². The molecule has 0 heterocycles. The first-order valence-electron chi connectivity index (χ1n) is 19.7. The van der Waals surface area contributed by atoms with Gasteiger partial charge in [-0.2, -0.15) is 0 Å². The van der Waals surface area contributed by atoms with Crippen molar-refractivity contribution in [3.8, 4) is 11.5 Å². The van der Waals surface area contributed by atoms with Crippen molar-refractivity contribution in [2.75, 3.05) is 28.2 Å². The highest BCUT2D eigenvalue weighted by molar-refractivity contribution is 6.25. The Morgan fingerprint density at radius 3 is 1.49 bits per heavy atom. The zero-order valence-corrected chi connectivity index (χ0v) is 34.6. The largest absolute Gasteiger partial charge is 0.508 e. The number of rotatable bonds is 5. The lowest BCUT2D eigenvalue weighted by atomic mass is 9.57. The van der Waals surface area contributed by atoms with Crippen LogP contribution >= 0.6 is 0 Å². The Kier molecular flexibility index (Phi) is 10.8. The lowest BCUT2D eigenvalue weighted by Crippen LogP contribution is -2.65. The third kappa shape index (κ3) is 6.24. The van der Waals surface area contributed by atoms with Crippen LogP contribution in [0.2, 0.25) is 0 Å². The molecule has 23 heteroatoms. The maximum atomic E-state index is 14.7. The number of ketones is 4. The summed E-state index contributed by atoms with van der Waals surface area (Å²) in [5.41, 5.74) is -0.0375.